The molecule has 0 aliphatic heterocycles. The van der Waals surface area contributed by atoms with Crippen LogP contribution in [0.2, 0.25) is 0 Å². The average Bonchev–Trinajstić information content (AvgIpc) is 2.75. The minimum Gasteiger partial charge on any atom is -0.481 e. The van der Waals surface area contributed by atoms with Gasteiger partial charge in [-0.05, 0) is 12.5 Å². The van der Waals surface area contributed by atoms with E-state index in [9.17, 15) is 14.9 Å². The van der Waals surface area contributed by atoms with Crippen LogP contribution < -0.4 is 5.73 Å². The van der Waals surface area contributed by atoms with Gasteiger partial charge in [0.15, 0.2) is 0 Å². The van der Waals surface area contributed by atoms with Crippen LogP contribution >= 0.6 is 0 Å². The fourth-order valence-electron chi connectivity index (χ4n) is 2.31. The first kappa shape index (κ1) is 14.5. The van der Waals surface area contributed by atoms with Gasteiger partial charge in [-0.15, -0.1) is 0 Å². The highest BCUT2D eigenvalue weighted by atomic mass is 16.6. The van der Waals surface area contributed by atoms with Crippen LogP contribution in [0.4, 0.5) is 11.5 Å². The van der Waals surface area contributed by atoms with Gasteiger partial charge in [-0.25, -0.2) is 0 Å². The van der Waals surface area contributed by atoms with E-state index in [2.05, 4.69) is 10.2 Å². The number of hydrogen-bond donors (Lipinski definition) is 3. The number of H-pyrrole nitrogens is 1. The molecule has 0 aliphatic rings. The quantitative estimate of drug-likeness (QED) is 0.567. The van der Waals surface area contributed by atoms with Crippen molar-refractivity contribution in [3.8, 4) is 0 Å². The van der Waals surface area contributed by atoms with E-state index >= 15 is 0 Å². The van der Waals surface area contributed by atoms with Crippen LogP contribution in [-0.4, -0.2) is 26.2 Å². The van der Waals surface area contributed by atoms with Crippen LogP contribution in [-0.2, 0) is 4.79 Å². The standard InChI is InChI=1S/C13H14N4O4/c1-7-12(13(14)16-15-7)10(6-11(18)19)8-3-2-4-9(5-8)17(20)21/h2-5,10H,6H2,1H3,(H,18,19)(H3,14,15,16). The van der Waals surface area contributed by atoms with Gasteiger partial charge in [0.25, 0.3) is 5.69 Å². The number of nitro groups is 1. The van der Waals surface area contributed by atoms with Crippen molar-refractivity contribution in [1.29, 1.82) is 0 Å². The predicted molar refractivity (Wildman–Crippen MR) is 74.9 cm³/mol. The van der Waals surface area contributed by atoms with Gasteiger partial charge in [0, 0.05) is 29.3 Å². The van der Waals surface area contributed by atoms with Crippen LogP contribution in [0.3, 0.4) is 0 Å². The first-order valence-electron chi connectivity index (χ1n) is 6.16. The van der Waals surface area contributed by atoms with Crippen molar-refractivity contribution >= 4 is 17.5 Å². The highest BCUT2D eigenvalue weighted by molar-refractivity contribution is 5.70. The fraction of sp³-hybridized carbons (Fsp3) is 0.231. The normalized spacial score (nSPS) is 12.0. The van der Waals surface area contributed by atoms with E-state index in [1.165, 1.54) is 18.2 Å². The summed E-state index contributed by atoms with van der Waals surface area (Å²) < 4.78 is 0. The fourth-order valence-corrected chi connectivity index (χ4v) is 2.31. The zero-order chi connectivity index (χ0) is 15.6. The number of nitrogens with one attached hydrogen (secondary N) is 1. The lowest BCUT2D eigenvalue weighted by Gasteiger charge is -2.15. The summed E-state index contributed by atoms with van der Waals surface area (Å²) in [7, 11) is 0. The Bertz CT molecular complexity index is 676. The van der Waals surface area contributed by atoms with Crippen molar-refractivity contribution < 1.29 is 14.8 Å². The number of aryl methyl sites for hydroxylation is 1. The summed E-state index contributed by atoms with van der Waals surface area (Å²) in [5, 5.41) is 26.5. The lowest BCUT2D eigenvalue weighted by Crippen LogP contribution is -2.10. The number of aromatic amines is 1. The maximum absolute atomic E-state index is 11.1. The molecule has 0 fully saturated rings. The maximum atomic E-state index is 11.1. The molecule has 21 heavy (non-hydrogen) atoms. The Kier molecular flexibility index (Phi) is 3.88. The van der Waals surface area contributed by atoms with Gasteiger partial charge in [0.2, 0.25) is 0 Å². The number of carboxylic acid groups (broad SMARTS) is 1. The summed E-state index contributed by atoms with van der Waals surface area (Å²) in [5.41, 5.74) is 7.40. The Morgan fingerprint density at radius 3 is 2.81 bits per heavy atom. The molecule has 0 aliphatic carbocycles. The van der Waals surface area contributed by atoms with Gasteiger partial charge >= 0.3 is 5.97 Å². The molecule has 0 saturated carbocycles. The molecule has 1 unspecified atom stereocenters. The van der Waals surface area contributed by atoms with Gasteiger partial charge < -0.3 is 10.8 Å². The summed E-state index contributed by atoms with van der Waals surface area (Å²) in [6, 6.07) is 5.88. The van der Waals surface area contributed by atoms with Crippen LogP contribution in [0.1, 0.15) is 29.2 Å². The minimum absolute atomic E-state index is 0.0948. The number of anilines is 1. The monoisotopic (exact) mass is 290 g/mol. The number of nitrogen functional groups attached to an aromatic ring is 1. The van der Waals surface area contributed by atoms with E-state index in [0.717, 1.165) is 0 Å². The summed E-state index contributed by atoms with van der Waals surface area (Å²) in [4.78, 5) is 21.5. The molecule has 0 bridgehead atoms. The molecule has 4 N–H and O–H groups in total. The van der Waals surface area contributed by atoms with Crippen LogP contribution in [0.15, 0.2) is 24.3 Å². The lowest BCUT2D eigenvalue weighted by atomic mass is 9.88. The Morgan fingerprint density at radius 1 is 1.57 bits per heavy atom. The lowest BCUT2D eigenvalue weighted by molar-refractivity contribution is -0.384. The van der Waals surface area contributed by atoms with Crippen molar-refractivity contribution in [3.63, 3.8) is 0 Å². The maximum Gasteiger partial charge on any atom is 0.304 e. The van der Waals surface area contributed by atoms with Crippen molar-refractivity contribution in [2.75, 3.05) is 5.73 Å². The van der Waals surface area contributed by atoms with Crippen LogP contribution in [0.25, 0.3) is 0 Å². The van der Waals surface area contributed by atoms with E-state index in [0.29, 0.717) is 16.8 Å². The highest BCUT2D eigenvalue weighted by Crippen LogP contribution is 2.34. The van der Waals surface area contributed by atoms with E-state index in [-0.39, 0.29) is 17.9 Å². The van der Waals surface area contributed by atoms with E-state index in [4.69, 9.17) is 10.8 Å². The molecule has 2 aromatic rings. The molecule has 0 amide bonds. The third kappa shape index (κ3) is 2.99. The molecule has 8 nitrogen and oxygen atoms in total. The number of benzene rings is 1. The summed E-state index contributed by atoms with van der Waals surface area (Å²) >= 11 is 0. The SMILES string of the molecule is Cc1[nH]nc(N)c1C(CC(=O)O)c1cccc([N+](=O)[O-])c1. The molecule has 1 heterocycles. The average molecular weight is 290 g/mol. The van der Waals surface area contributed by atoms with Crippen molar-refractivity contribution in [2.24, 2.45) is 0 Å². The number of aromatic nitrogens is 2. The Hall–Kier alpha value is -2.90. The van der Waals surface area contributed by atoms with Crippen molar-refractivity contribution in [2.45, 2.75) is 19.3 Å². The molecule has 8 heteroatoms. The number of nitrogens with two attached hydrogens (primary N) is 1. The first-order chi connectivity index (χ1) is 9.90. The summed E-state index contributed by atoms with van der Waals surface area (Å²) in [6.07, 6.45) is -0.230. The van der Waals surface area contributed by atoms with E-state index < -0.39 is 16.8 Å². The smallest absolute Gasteiger partial charge is 0.304 e. The third-order valence-electron chi connectivity index (χ3n) is 3.23. The molecule has 110 valence electrons. The van der Waals surface area contributed by atoms with Crippen LogP contribution in [0.5, 0.6) is 0 Å². The van der Waals surface area contributed by atoms with Gasteiger partial charge in [-0.1, -0.05) is 12.1 Å². The summed E-state index contributed by atoms with van der Waals surface area (Å²) in [6.45, 7) is 1.73. The number of carbonyl (C=O) groups is 1. The molecule has 0 radical (unpaired) electrons. The van der Waals surface area contributed by atoms with E-state index in [1.54, 1.807) is 13.0 Å². The second-order valence-electron chi connectivity index (χ2n) is 4.65. The number of hydrogen-bond acceptors (Lipinski definition) is 5. The van der Waals surface area contributed by atoms with Crippen molar-refractivity contribution in [1.82, 2.24) is 10.2 Å². The molecule has 1 aromatic carbocycles. The largest absolute Gasteiger partial charge is 0.481 e. The topological polar surface area (TPSA) is 135 Å². The zero-order valence-electron chi connectivity index (χ0n) is 11.2. The van der Waals surface area contributed by atoms with Gasteiger partial charge in [-0.3, -0.25) is 20.0 Å². The molecule has 1 atom stereocenters. The van der Waals surface area contributed by atoms with E-state index in [1.807, 2.05) is 0 Å². The van der Waals surface area contributed by atoms with Gasteiger partial charge in [0.1, 0.15) is 5.82 Å². The Balaban J connectivity index is 2.53. The van der Waals surface area contributed by atoms with Gasteiger partial charge in [-0.2, -0.15) is 5.10 Å². The molecular formula is C13H14N4O4. The third-order valence-corrected chi connectivity index (χ3v) is 3.23. The Morgan fingerprint density at radius 2 is 2.29 bits per heavy atom. The molecule has 0 saturated heterocycles. The molecular weight excluding hydrogens is 276 g/mol. The Labute approximate surface area is 119 Å². The number of nitro benzene ring substituents is 1. The van der Waals surface area contributed by atoms with Gasteiger partial charge in [0.05, 0.1) is 11.3 Å². The van der Waals surface area contributed by atoms with Crippen LogP contribution in [0, 0.1) is 17.0 Å². The number of nitrogens with zero attached hydrogens (tertiary/aromatic N) is 2. The number of aliphatic carboxylic acids is 1. The number of non-ortho nitro benzene ring substituents is 1. The predicted octanol–water partition coefficient (Wildman–Crippen LogP) is 1.82. The first-order valence-corrected chi connectivity index (χ1v) is 6.16. The minimum atomic E-state index is -1.02. The summed E-state index contributed by atoms with van der Waals surface area (Å²) in [5.74, 6) is -1.42. The second kappa shape index (κ2) is 5.61. The molecule has 2 rings (SSSR count). The van der Waals surface area contributed by atoms with Crippen molar-refractivity contribution in [3.05, 3.63) is 51.2 Å². The number of carboxylic acids is 1. The molecule has 0 spiro atoms. The zero-order valence-corrected chi connectivity index (χ0v) is 11.2. The molecule has 1 aromatic heterocycles. The number of rotatable bonds is 5. The second-order valence-corrected chi connectivity index (χ2v) is 4.65. The highest BCUT2D eigenvalue weighted by Gasteiger charge is 2.25.